The standard InChI is InChI=1S/C24H28N2O7S/c1-4-10-31-20-16(22(28)32-11-5-2)8-7-9-17(20)26-21(27)18-13-15(14-25-18)19(24(30)34)23(29)33-12-6-3/h4-9,15,18-19,25H,1-3,10-14H2,(H,26,27)(H,30,34)/t15-,18?,19+/m1/s1. The lowest BCUT2D eigenvalue weighted by molar-refractivity contribution is -0.146. The first kappa shape index (κ1) is 26.7. The third-order valence-corrected chi connectivity index (χ3v) is 5.24. The van der Waals surface area contributed by atoms with Crippen LogP contribution in [0.15, 0.2) is 56.2 Å². The van der Waals surface area contributed by atoms with Crippen molar-refractivity contribution in [2.75, 3.05) is 31.7 Å². The van der Waals surface area contributed by atoms with Gasteiger partial charge in [-0.25, -0.2) is 4.79 Å². The zero-order valence-corrected chi connectivity index (χ0v) is 19.5. The number of aliphatic hydroxyl groups excluding tert-OH is 1. The van der Waals surface area contributed by atoms with Crippen LogP contribution in [-0.4, -0.2) is 60.4 Å². The largest absolute Gasteiger partial charge is 0.501 e. The van der Waals surface area contributed by atoms with Crippen LogP contribution in [0.3, 0.4) is 0 Å². The molecule has 1 aliphatic rings. The van der Waals surface area contributed by atoms with E-state index in [0.29, 0.717) is 0 Å². The fourth-order valence-electron chi connectivity index (χ4n) is 3.47. The summed E-state index contributed by atoms with van der Waals surface area (Å²) in [5.74, 6) is -3.07. The molecule has 1 heterocycles. The van der Waals surface area contributed by atoms with Crippen molar-refractivity contribution in [3.05, 3.63) is 61.7 Å². The maximum Gasteiger partial charge on any atom is 0.342 e. The van der Waals surface area contributed by atoms with Crippen LogP contribution >= 0.6 is 12.2 Å². The van der Waals surface area contributed by atoms with Crippen LogP contribution < -0.4 is 15.4 Å². The van der Waals surface area contributed by atoms with Crippen molar-refractivity contribution in [2.24, 2.45) is 11.8 Å². The number of benzene rings is 1. The monoisotopic (exact) mass is 488 g/mol. The zero-order chi connectivity index (χ0) is 25.1. The van der Waals surface area contributed by atoms with Crippen LogP contribution in [0, 0.1) is 11.8 Å². The Hall–Kier alpha value is -3.50. The second kappa shape index (κ2) is 13.3. The number of esters is 2. The van der Waals surface area contributed by atoms with Gasteiger partial charge in [-0.3, -0.25) is 9.59 Å². The van der Waals surface area contributed by atoms with E-state index in [1.807, 2.05) is 0 Å². The molecule has 0 saturated carbocycles. The number of thiocarbonyl (C=S) groups is 1. The van der Waals surface area contributed by atoms with Gasteiger partial charge in [0.05, 0.1) is 11.7 Å². The van der Waals surface area contributed by atoms with Gasteiger partial charge >= 0.3 is 11.9 Å². The normalized spacial score (nSPS) is 17.6. The minimum absolute atomic E-state index is 0.0128. The third kappa shape index (κ3) is 7.00. The Morgan fingerprint density at radius 3 is 2.47 bits per heavy atom. The molecule has 1 unspecified atom stereocenters. The van der Waals surface area contributed by atoms with E-state index in [0.717, 1.165) is 0 Å². The summed E-state index contributed by atoms with van der Waals surface area (Å²) in [4.78, 5) is 37.7. The van der Waals surface area contributed by atoms with Gasteiger partial charge in [-0.05, 0) is 36.7 Å². The molecule has 9 nitrogen and oxygen atoms in total. The van der Waals surface area contributed by atoms with Crippen LogP contribution in [0.1, 0.15) is 16.8 Å². The Labute approximate surface area is 203 Å². The number of nitrogens with one attached hydrogen (secondary N) is 2. The van der Waals surface area contributed by atoms with Crippen molar-refractivity contribution in [3.8, 4) is 5.75 Å². The van der Waals surface area contributed by atoms with Crippen LogP contribution in [0.25, 0.3) is 0 Å². The first-order valence-electron chi connectivity index (χ1n) is 10.5. The number of aliphatic hydroxyl groups is 1. The summed E-state index contributed by atoms with van der Waals surface area (Å²) in [6.45, 7) is 11.0. The molecule has 1 aromatic rings. The van der Waals surface area contributed by atoms with Crippen molar-refractivity contribution in [3.63, 3.8) is 0 Å². The average Bonchev–Trinajstić information content (AvgIpc) is 3.29. The van der Waals surface area contributed by atoms with Gasteiger partial charge in [0.25, 0.3) is 0 Å². The van der Waals surface area contributed by atoms with Crippen molar-refractivity contribution in [1.29, 1.82) is 0 Å². The number of amides is 1. The van der Waals surface area contributed by atoms with Crippen molar-refractivity contribution in [1.82, 2.24) is 5.32 Å². The van der Waals surface area contributed by atoms with E-state index in [4.69, 9.17) is 26.4 Å². The second-order valence-electron chi connectivity index (χ2n) is 7.35. The Bertz CT molecular complexity index is 963. The molecule has 3 N–H and O–H groups in total. The molecule has 2 rings (SSSR count). The SMILES string of the molecule is C=CCOC(=O)c1cccc(NC(=O)C2C[C@@H]([C@@H](C(=O)OCC=C)C(O)=S)CN2)c1OCC=C. The van der Waals surface area contributed by atoms with E-state index < -0.39 is 40.8 Å². The van der Waals surface area contributed by atoms with Gasteiger partial charge < -0.3 is 30.0 Å². The summed E-state index contributed by atoms with van der Waals surface area (Å²) >= 11 is 4.84. The van der Waals surface area contributed by atoms with Crippen LogP contribution in [0.4, 0.5) is 5.69 Å². The number of carbonyl (C=O) groups excluding carboxylic acids is 3. The summed E-state index contributed by atoms with van der Waals surface area (Å²) in [7, 11) is 0. The van der Waals surface area contributed by atoms with Gasteiger partial charge in [-0.1, -0.05) is 44.0 Å². The molecule has 0 aromatic heterocycles. The average molecular weight is 489 g/mol. The fourth-order valence-corrected chi connectivity index (χ4v) is 3.76. The second-order valence-corrected chi connectivity index (χ2v) is 7.77. The summed E-state index contributed by atoms with van der Waals surface area (Å²) in [5.41, 5.74) is 0.402. The maximum atomic E-state index is 13.0. The third-order valence-electron chi connectivity index (χ3n) is 4.99. The molecule has 0 spiro atoms. The highest BCUT2D eigenvalue weighted by Gasteiger charge is 2.40. The number of carbonyl (C=O) groups is 3. The predicted molar refractivity (Wildman–Crippen MR) is 131 cm³/mol. The van der Waals surface area contributed by atoms with E-state index in [1.54, 1.807) is 12.1 Å². The minimum atomic E-state index is -1.05. The minimum Gasteiger partial charge on any atom is -0.501 e. The highest BCUT2D eigenvalue weighted by Crippen LogP contribution is 2.31. The first-order chi connectivity index (χ1) is 16.3. The number of para-hydroxylation sites is 1. The van der Waals surface area contributed by atoms with E-state index in [-0.39, 0.29) is 49.8 Å². The molecule has 1 aromatic carbocycles. The molecular weight excluding hydrogens is 460 g/mol. The highest BCUT2D eigenvalue weighted by molar-refractivity contribution is 7.80. The molecule has 1 fully saturated rings. The summed E-state index contributed by atoms with van der Waals surface area (Å²) < 4.78 is 15.8. The Kier molecular flexibility index (Phi) is 10.4. The van der Waals surface area contributed by atoms with Crippen molar-refractivity contribution < 1.29 is 33.7 Å². The molecule has 1 saturated heterocycles. The van der Waals surface area contributed by atoms with Gasteiger partial charge in [-0.2, -0.15) is 0 Å². The molecular formula is C24H28N2O7S. The zero-order valence-electron chi connectivity index (χ0n) is 18.7. The van der Waals surface area contributed by atoms with E-state index in [9.17, 15) is 19.5 Å². The summed E-state index contributed by atoms with van der Waals surface area (Å²) in [5, 5.41) is 15.2. The molecule has 0 radical (unpaired) electrons. The number of anilines is 1. The molecule has 3 atom stereocenters. The van der Waals surface area contributed by atoms with Gasteiger partial charge in [-0.15, -0.1) is 0 Å². The lowest BCUT2D eigenvalue weighted by Gasteiger charge is -2.19. The van der Waals surface area contributed by atoms with E-state index in [2.05, 4.69) is 30.4 Å². The fraction of sp³-hybridized carbons (Fsp3) is 0.333. The Balaban J connectivity index is 2.17. The van der Waals surface area contributed by atoms with Gasteiger partial charge in [0.2, 0.25) is 5.91 Å². The van der Waals surface area contributed by atoms with Crippen molar-refractivity contribution in [2.45, 2.75) is 12.5 Å². The van der Waals surface area contributed by atoms with E-state index >= 15 is 0 Å². The van der Waals surface area contributed by atoms with Gasteiger partial charge in [0.15, 0.2) is 10.8 Å². The smallest absolute Gasteiger partial charge is 0.342 e. The number of rotatable bonds is 13. The van der Waals surface area contributed by atoms with Gasteiger partial charge in [0, 0.05) is 6.54 Å². The summed E-state index contributed by atoms with van der Waals surface area (Å²) in [6, 6.07) is 4.01. The van der Waals surface area contributed by atoms with Crippen molar-refractivity contribution >= 4 is 40.8 Å². The number of ether oxygens (including phenoxy) is 3. The number of hydrogen-bond donors (Lipinski definition) is 3. The first-order valence-corrected chi connectivity index (χ1v) is 10.9. The van der Waals surface area contributed by atoms with E-state index in [1.165, 1.54) is 24.3 Å². The number of hydrogen-bond acceptors (Lipinski definition) is 8. The molecule has 10 heteroatoms. The van der Waals surface area contributed by atoms with Gasteiger partial charge in [0.1, 0.15) is 31.3 Å². The molecule has 182 valence electrons. The van der Waals surface area contributed by atoms with Crippen LogP contribution in [0.5, 0.6) is 5.75 Å². The molecule has 1 amide bonds. The molecule has 0 bridgehead atoms. The maximum absolute atomic E-state index is 13.0. The molecule has 1 aliphatic heterocycles. The lowest BCUT2D eigenvalue weighted by atomic mass is 9.90. The van der Waals surface area contributed by atoms with Crippen LogP contribution in [-0.2, 0) is 19.1 Å². The lowest BCUT2D eigenvalue weighted by Crippen LogP contribution is -2.35. The molecule has 34 heavy (non-hydrogen) atoms. The highest BCUT2D eigenvalue weighted by atomic mass is 32.1. The Morgan fingerprint density at radius 1 is 1.15 bits per heavy atom. The van der Waals surface area contributed by atoms with Crippen LogP contribution in [0.2, 0.25) is 0 Å². The quantitative estimate of drug-likeness (QED) is 0.218. The Morgan fingerprint density at radius 2 is 1.82 bits per heavy atom. The predicted octanol–water partition coefficient (Wildman–Crippen LogP) is 2.74. The topological polar surface area (TPSA) is 123 Å². The molecule has 0 aliphatic carbocycles. The summed E-state index contributed by atoms with van der Waals surface area (Å²) in [6.07, 6.45) is 4.58.